The Bertz CT molecular complexity index is 228. The van der Waals surface area contributed by atoms with Crippen molar-refractivity contribution in [3.05, 3.63) is 23.3 Å². The zero-order valence-electron chi connectivity index (χ0n) is 6.66. The largest absolute Gasteiger partial charge is 0.294 e. The Hall–Kier alpha value is -0.830. The Labute approximate surface area is 72.1 Å². The minimum absolute atomic E-state index is 0.00849. The lowest BCUT2D eigenvalue weighted by molar-refractivity contribution is -0.113. The number of hydrogen-bond acceptors (Lipinski definition) is 3. The lowest BCUT2D eigenvalue weighted by atomic mass is 10.2. The first-order valence-corrected chi connectivity index (χ1v) is 3.62. The number of Topliss-reactive ketones (excluding diaryl/α,β-unsaturated/α-hetero) is 1. The number of nitrogens with zero attached hydrogens (tertiary/aromatic N) is 1. The number of carbonyl (C=O) groups is 1. The van der Waals surface area contributed by atoms with E-state index >= 15 is 0 Å². The van der Waals surface area contributed by atoms with Crippen molar-refractivity contribution < 1.29 is 4.79 Å². The minimum atomic E-state index is -0.00849. The molecule has 0 radical (unpaired) electrons. The fourth-order valence-corrected chi connectivity index (χ4v) is 0.570. The van der Waals surface area contributed by atoms with Gasteiger partial charge in [0.05, 0.1) is 5.03 Å². The van der Waals surface area contributed by atoms with Crippen LogP contribution in [0.25, 0.3) is 0 Å². The van der Waals surface area contributed by atoms with Crippen molar-refractivity contribution in [2.45, 2.75) is 13.8 Å². The predicted molar refractivity (Wildman–Crippen MR) is 51.1 cm³/mol. The molecule has 0 spiro atoms. The summed E-state index contributed by atoms with van der Waals surface area (Å²) in [5, 5.41) is 0.394. The Morgan fingerprint density at radius 1 is 1.64 bits per heavy atom. The molecule has 0 aromatic carbocycles. The molecule has 0 aliphatic heterocycles. The number of carbonyl (C=O) groups excluding carboxylic acids is 1. The van der Waals surface area contributed by atoms with Crippen LogP contribution in [0.3, 0.4) is 0 Å². The van der Waals surface area contributed by atoms with Crippen LogP contribution < -0.4 is 0 Å². The zero-order chi connectivity index (χ0) is 8.85. The Morgan fingerprint density at radius 3 is 2.45 bits per heavy atom. The van der Waals surface area contributed by atoms with E-state index in [-0.39, 0.29) is 5.78 Å². The second-order valence-corrected chi connectivity index (χ2v) is 2.49. The van der Waals surface area contributed by atoms with E-state index in [9.17, 15) is 4.79 Å². The molecule has 0 aromatic heterocycles. The van der Waals surface area contributed by atoms with Gasteiger partial charge in [0.25, 0.3) is 0 Å². The average molecular weight is 169 g/mol. The molecule has 0 bridgehead atoms. The second-order valence-electron chi connectivity index (χ2n) is 1.97. The molecular weight excluding hydrogens is 158 g/mol. The van der Waals surface area contributed by atoms with Crippen LogP contribution in [0.2, 0.25) is 0 Å². The van der Waals surface area contributed by atoms with Crippen molar-refractivity contribution in [1.29, 1.82) is 0 Å². The normalized spacial score (nSPS) is 12.1. The summed E-state index contributed by atoms with van der Waals surface area (Å²) in [6.07, 6.45) is 3.15. The maximum atomic E-state index is 10.8. The quantitative estimate of drug-likeness (QED) is 0.391. The van der Waals surface area contributed by atoms with E-state index in [1.54, 1.807) is 13.0 Å². The molecule has 0 fully saturated rings. The molecule has 0 saturated carbocycles. The number of rotatable bonds is 3. The highest BCUT2D eigenvalue weighted by molar-refractivity contribution is 7.84. The standard InChI is InChI=1S/C8H11NOS/c1-4-8(6(2)10)5-9-7(3)11/h4-5,11H,3H2,1-2H3/b8-4+,9-5-. The SMILES string of the molecule is C=C(S)/N=C\C(=C/C)C(C)=O. The van der Waals surface area contributed by atoms with Crippen molar-refractivity contribution >= 4 is 24.6 Å². The smallest absolute Gasteiger partial charge is 0.161 e. The van der Waals surface area contributed by atoms with Gasteiger partial charge in [0.15, 0.2) is 5.78 Å². The molecule has 60 valence electrons. The zero-order valence-corrected chi connectivity index (χ0v) is 7.56. The number of hydrogen-bond donors (Lipinski definition) is 1. The molecule has 0 aliphatic rings. The van der Waals surface area contributed by atoms with Crippen molar-refractivity contribution in [3.63, 3.8) is 0 Å². The minimum Gasteiger partial charge on any atom is -0.294 e. The highest BCUT2D eigenvalue weighted by atomic mass is 32.1. The molecule has 0 amide bonds. The van der Waals surface area contributed by atoms with Crippen LogP contribution in [0.4, 0.5) is 0 Å². The number of aliphatic imine (C=N–C) groups is 1. The number of allylic oxidation sites excluding steroid dienone is 2. The van der Waals surface area contributed by atoms with Crippen LogP contribution in [-0.2, 0) is 4.79 Å². The van der Waals surface area contributed by atoms with Crippen LogP contribution >= 0.6 is 12.6 Å². The van der Waals surface area contributed by atoms with Gasteiger partial charge in [-0.2, -0.15) is 0 Å². The average Bonchev–Trinajstić information content (AvgIpc) is 1.87. The molecular formula is C8H11NOS. The van der Waals surface area contributed by atoms with Gasteiger partial charge in [-0.15, -0.1) is 12.6 Å². The Balaban J connectivity index is 4.34. The molecule has 0 rings (SSSR count). The van der Waals surface area contributed by atoms with Gasteiger partial charge in [0.2, 0.25) is 0 Å². The third kappa shape index (κ3) is 4.56. The van der Waals surface area contributed by atoms with Crippen LogP contribution in [-0.4, -0.2) is 12.0 Å². The summed E-state index contributed by atoms with van der Waals surface area (Å²) in [7, 11) is 0. The van der Waals surface area contributed by atoms with Gasteiger partial charge >= 0.3 is 0 Å². The van der Waals surface area contributed by atoms with Gasteiger partial charge in [0.1, 0.15) is 0 Å². The van der Waals surface area contributed by atoms with Crippen molar-refractivity contribution in [1.82, 2.24) is 0 Å². The van der Waals surface area contributed by atoms with Gasteiger partial charge in [-0.05, 0) is 13.8 Å². The third-order valence-electron chi connectivity index (χ3n) is 1.07. The van der Waals surface area contributed by atoms with Gasteiger partial charge in [-0.25, -0.2) is 0 Å². The summed E-state index contributed by atoms with van der Waals surface area (Å²) in [5.74, 6) is -0.00849. The molecule has 0 saturated heterocycles. The third-order valence-corrected chi connectivity index (χ3v) is 1.19. The van der Waals surface area contributed by atoms with Crippen molar-refractivity contribution in [3.8, 4) is 0 Å². The fraction of sp³-hybridized carbons (Fsp3) is 0.250. The maximum absolute atomic E-state index is 10.8. The van der Waals surface area contributed by atoms with Crippen LogP contribution in [0.15, 0.2) is 28.2 Å². The number of ketones is 1. The summed E-state index contributed by atoms with van der Waals surface area (Å²) in [4.78, 5) is 14.5. The lowest BCUT2D eigenvalue weighted by Crippen LogP contribution is -1.96. The first-order chi connectivity index (χ1) is 5.07. The van der Waals surface area contributed by atoms with Crippen LogP contribution in [0.1, 0.15) is 13.8 Å². The maximum Gasteiger partial charge on any atom is 0.161 e. The predicted octanol–water partition coefficient (Wildman–Crippen LogP) is 1.99. The highest BCUT2D eigenvalue weighted by Crippen LogP contribution is 1.98. The Kier molecular flexibility index (Phi) is 4.54. The monoisotopic (exact) mass is 169 g/mol. The van der Waals surface area contributed by atoms with Gasteiger partial charge in [0, 0.05) is 11.8 Å². The summed E-state index contributed by atoms with van der Waals surface area (Å²) in [6, 6.07) is 0. The molecule has 2 nitrogen and oxygen atoms in total. The topological polar surface area (TPSA) is 29.4 Å². The van der Waals surface area contributed by atoms with Crippen molar-refractivity contribution in [2.75, 3.05) is 0 Å². The molecule has 3 heteroatoms. The summed E-state index contributed by atoms with van der Waals surface area (Å²) >= 11 is 3.85. The van der Waals surface area contributed by atoms with E-state index in [0.29, 0.717) is 10.6 Å². The van der Waals surface area contributed by atoms with Gasteiger partial charge in [-0.3, -0.25) is 9.79 Å². The van der Waals surface area contributed by atoms with E-state index in [1.807, 2.05) is 0 Å². The van der Waals surface area contributed by atoms with E-state index in [0.717, 1.165) is 0 Å². The van der Waals surface area contributed by atoms with E-state index < -0.39 is 0 Å². The highest BCUT2D eigenvalue weighted by Gasteiger charge is 1.96. The van der Waals surface area contributed by atoms with Gasteiger partial charge < -0.3 is 0 Å². The lowest BCUT2D eigenvalue weighted by Gasteiger charge is -1.91. The summed E-state index contributed by atoms with van der Waals surface area (Å²) < 4.78 is 0. The molecule has 0 N–H and O–H groups in total. The van der Waals surface area contributed by atoms with Crippen LogP contribution in [0.5, 0.6) is 0 Å². The van der Waals surface area contributed by atoms with Crippen molar-refractivity contribution in [2.24, 2.45) is 4.99 Å². The first kappa shape index (κ1) is 10.2. The summed E-state index contributed by atoms with van der Waals surface area (Å²) in [6.45, 7) is 6.72. The first-order valence-electron chi connectivity index (χ1n) is 3.17. The Morgan fingerprint density at radius 2 is 2.18 bits per heavy atom. The summed E-state index contributed by atoms with van der Waals surface area (Å²) in [5.41, 5.74) is 0.570. The van der Waals surface area contributed by atoms with Gasteiger partial charge in [-0.1, -0.05) is 12.7 Å². The molecule has 0 aliphatic carbocycles. The molecule has 11 heavy (non-hydrogen) atoms. The van der Waals surface area contributed by atoms with E-state index in [2.05, 4.69) is 24.2 Å². The molecule has 0 aromatic rings. The number of thiol groups is 1. The fourth-order valence-electron chi connectivity index (χ4n) is 0.513. The van der Waals surface area contributed by atoms with Crippen LogP contribution in [0, 0.1) is 0 Å². The van der Waals surface area contributed by atoms with E-state index in [4.69, 9.17) is 0 Å². The van der Waals surface area contributed by atoms with E-state index in [1.165, 1.54) is 13.1 Å². The molecule has 0 heterocycles. The molecule has 0 atom stereocenters. The second kappa shape index (κ2) is 4.91. The molecule has 0 unspecified atom stereocenters.